The van der Waals surface area contributed by atoms with Crippen LogP contribution >= 0.6 is 11.3 Å². The standard InChI is InChI=1S/C18H23N5O2S/c1-2-5-15-21-22-18(26-15)23-12-14(10-16(23)24)17(25)20-9-4-7-13-6-3-8-19-11-13/h3,6,8,11,14H,2,4-5,7,9-10,12H2,1H3,(H,20,25). The lowest BCUT2D eigenvalue weighted by molar-refractivity contribution is -0.126. The van der Waals surface area contributed by atoms with Gasteiger partial charge in [0.15, 0.2) is 0 Å². The van der Waals surface area contributed by atoms with Crippen LogP contribution in [0.3, 0.4) is 0 Å². The van der Waals surface area contributed by atoms with Gasteiger partial charge in [-0.05, 0) is 30.9 Å². The van der Waals surface area contributed by atoms with Crippen molar-refractivity contribution in [1.82, 2.24) is 20.5 Å². The van der Waals surface area contributed by atoms with Crippen molar-refractivity contribution in [2.75, 3.05) is 18.0 Å². The van der Waals surface area contributed by atoms with Gasteiger partial charge in [0.2, 0.25) is 16.9 Å². The van der Waals surface area contributed by atoms with E-state index in [4.69, 9.17) is 0 Å². The monoisotopic (exact) mass is 373 g/mol. The molecule has 2 amide bonds. The van der Waals surface area contributed by atoms with Crippen molar-refractivity contribution in [2.24, 2.45) is 5.92 Å². The maximum absolute atomic E-state index is 12.4. The van der Waals surface area contributed by atoms with Gasteiger partial charge in [0.1, 0.15) is 5.01 Å². The van der Waals surface area contributed by atoms with E-state index in [1.807, 2.05) is 18.3 Å². The number of aryl methyl sites for hydroxylation is 2. The summed E-state index contributed by atoms with van der Waals surface area (Å²) in [7, 11) is 0. The molecule has 1 atom stereocenters. The first-order valence-corrected chi connectivity index (χ1v) is 9.78. The number of nitrogens with one attached hydrogen (secondary N) is 1. The molecule has 3 heterocycles. The summed E-state index contributed by atoms with van der Waals surface area (Å²) in [5, 5.41) is 12.7. The molecule has 26 heavy (non-hydrogen) atoms. The molecule has 0 spiro atoms. The predicted molar refractivity (Wildman–Crippen MR) is 99.9 cm³/mol. The fraction of sp³-hybridized carbons (Fsp3) is 0.500. The highest BCUT2D eigenvalue weighted by Gasteiger charge is 2.36. The highest BCUT2D eigenvalue weighted by molar-refractivity contribution is 7.15. The highest BCUT2D eigenvalue weighted by atomic mass is 32.1. The Hall–Kier alpha value is -2.35. The number of hydrogen-bond donors (Lipinski definition) is 1. The first-order chi connectivity index (χ1) is 12.7. The van der Waals surface area contributed by atoms with Gasteiger partial charge in [0, 0.05) is 38.3 Å². The summed E-state index contributed by atoms with van der Waals surface area (Å²) in [6, 6.07) is 3.93. The second-order valence-corrected chi connectivity index (χ2v) is 7.43. The van der Waals surface area contributed by atoms with Crippen LogP contribution in [0.15, 0.2) is 24.5 Å². The molecular formula is C18H23N5O2S. The van der Waals surface area contributed by atoms with Crippen molar-refractivity contribution in [3.8, 4) is 0 Å². The minimum atomic E-state index is -0.320. The molecule has 3 rings (SSSR count). The number of pyridine rings is 1. The molecular weight excluding hydrogens is 350 g/mol. The molecule has 8 heteroatoms. The quantitative estimate of drug-likeness (QED) is 0.715. The van der Waals surface area contributed by atoms with Crippen LogP contribution in [0.4, 0.5) is 5.13 Å². The van der Waals surface area contributed by atoms with E-state index in [0.717, 1.165) is 36.3 Å². The van der Waals surface area contributed by atoms with Crippen LogP contribution < -0.4 is 10.2 Å². The summed E-state index contributed by atoms with van der Waals surface area (Å²) in [6.45, 7) is 3.06. The third kappa shape index (κ3) is 4.63. The molecule has 1 aliphatic rings. The van der Waals surface area contributed by atoms with Crippen molar-refractivity contribution in [3.05, 3.63) is 35.1 Å². The first kappa shape index (κ1) is 18.4. The number of amides is 2. The lowest BCUT2D eigenvalue weighted by atomic mass is 10.1. The smallest absolute Gasteiger partial charge is 0.229 e. The van der Waals surface area contributed by atoms with Gasteiger partial charge in [-0.1, -0.05) is 24.3 Å². The summed E-state index contributed by atoms with van der Waals surface area (Å²) < 4.78 is 0. The predicted octanol–water partition coefficient (Wildman–Crippen LogP) is 1.99. The summed E-state index contributed by atoms with van der Waals surface area (Å²) in [4.78, 5) is 30.3. The molecule has 2 aromatic rings. The van der Waals surface area contributed by atoms with Crippen molar-refractivity contribution >= 4 is 28.3 Å². The maximum atomic E-state index is 12.4. The summed E-state index contributed by atoms with van der Waals surface area (Å²) in [6.07, 6.45) is 7.39. The van der Waals surface area contributed by atoms with E-state index in [9.17, 15) is 9.59 Å². The summed E-state index contributed by atoms with van der Waals surface area (Å²) in [5.74, 6) is -0.440. The Morgan fingerprint density at radius 2 is 2.27 bits per heavy atom. The second kappa shape index (κ2) is 8.84. The molecule has 138 valence electrons. The van der Waals surface area contributed by atoms with Gasteiger partial charge in [-0.25, -0.2) is 0 Å². The molecule has 0 aromatic carbocycles. The Bertz CT molecular complexity index is 749. The average Bonchev–Trinajstić information content (AvgIpc) is 3.26. The van der Waals surface area contributed by atoms with Crippen molar-refractivity contribution in [1.29, 1.82) is 0 Å². The molecule has 1 fully saturated rings. The van der Waals surface area contributed by atoms with E-state index >= 15 is 0 Å². The molecule has 0 saturated carbocycles. The molecule has 1 saturated heterocycles. The maximum Gasteiger partial charge on any atom is 0.229 e. The van der Waals surface area contributed by atoms with Gasteiger partial charge in [-0.3, -0.25) is 19.5 Å². The Labute approximate surface area is 156 Å². The Morgan fingerprint density at radius 1 is 1.38 bits per heavy atom. The zero-order chi connectivity index (χ0) is 18.4. The molecule has 7 nitrogen and oxygen atoms in total. The lowest BCUT2D eigenvalue weighted by Crippen LogP contribution is -2.33. The number of anilines is 1. The van der Waals surface area contributed by atoms with Crippen molar-refractivity contribution in [3.63, 3.8) is 0 Å². The molecule has 0 bridgehead atoms. The number of nitrogens with zero attached hydrogens (tertiary/aromatic N) is 4. The largest absolute Gasteiger partial charge is 0.356 e. The second-order valence-electron chi connectivity index (χ2n) is 6.39. The van der Waals surface area contributed by atoms with Gasteiger partial charge in [-0.15, -0.1) is 10.2 Å². The molecule has 0 aliphatic carbocycles. The zero-order valence-corrected chi connectivity index (χ0v) is 15.7. The Morgan fingerprint density at radius 3 is 3.04 bits per heavy atom. The van der Waals surface area contributed by atoms with Crippen LogP contribution in [0, 0.1) is 5.92 Å². The van der Waals surface area contributed by atoms with Crippen LogP contribution in [0.1, 0.15) is 36.8 Å². The minimum Gasteiger partial charge on any atom is -0.356 e. The van der Waals surface area contributed by atoms with Gasteiger partial charge in [-0.2, -0.15) is 0 Å². The number of carbonyl (C=O) groups excluding carboxylic acids is 2. The third-order valence-electron chi connectivity index (χ3n) is 4.31. The van der Waals surface area contributed by atoms with Crippen LogP contribution in [-0.4, -0.2) is 40.1 Å². The van der Waals surface area contributed by atoms with Crippen molar-refractivity contribution in [2.45, 2.75) is 39.0 Å². The van der Waals surface area contributed by atoms with E-state index in [0.29, 0.717) is 18.2 Å². The number of aromatic nitrogens is 3. The normalized spacial score (nSPS) is 16.9. The topological polar surface area (TPSA) is 88.1 Å². The first-order valence-electron chi connectivity index (χ1n) is 8.96. The number of hydrogen-bond acceptors (Lipinski definition) is 6. The summed E-state index contributed by atoms with van der Waals surface area (Å²) >= 11 is 1.44. The third-order valence-corrected chi connectivity index (χ3v) is 5.32. The van der Waals surface area contributed by atoms with Crippen molar-refractivity contribution < 1.29 is 9.59 Å². The van der Waals surface area contributed by atoms with Crippen LogP contribution in [0.5, 0.6) is 0 Å². The van der Waals surface area contributed by atoms with E-state index in [-0.39, 0.29) is 24.2 Å². The molecule has 1 aliphatic heterocycles. The van der Waals surface area contributed by atoms with Gasteiger partial charge in [0.05, 0.1) is 5.92 Å². The Balaban J connectivity index is 1.45. The SMILES string of the molecule is CCCc1nnc(N2CC(C(=O)NCCCc3cccnc3)CC2=O)s1. The van der Waals surface area contributed by atoms with Gasteiger partial charge >= 0.3 is 0 Å². The van der Waals surface area contributed by atoms with Crippen LogP contribution in [-0.2, 0) is 22.4 Å². The zero-order valence-electron chi connectivity index (χ0n) is 14.9. The molecule has 1 unspecified atom stereocenters. The van der Waals surface area contributed by atoms with E-state index in [1.54, 1.807) is 11.1 Å². The van der Waals surface area contributed by atoms with Crippen LogP contribution in [0.2, 0.25) is 0 Å². The molecule has 0 radical (unpaired) electrons. The number of rotatable bonds is 8. The number of carbonyl (C=O) groups is 2. The molecule has 1 N–H and O–H groups in total. The fourth-order valence-electron chi connectivity index (χ4n) is 2.93. The van der Waals surface area contributed by atoms with Crippen LogP contribution in [0.25, 0.3) is 0 Å². The molecule has 2 aromatic heterocycles. The highest BCUT2D eigenvalue weighted by Crippen LogP contribution is 2.28. The Kier molecular flexibility index (Phi) is 6.27. The van der Waals surface area contributed by atoms with Gasteiger partial charge < -0.3 is 5.32 Å². The van der Waals surface area contributed by atoms with E-state index < -0.39 is 0 Å². The average molecular weight is 373 g/mol. The minimum absolute atomic E-state index is 0.0558. The van der Waals surface area contributed by atoms with Gasteiger partial charge in [0.25, 0.3) is 0 Å². The fourth-order valence-corrected chi connectivity index (χ4v) is 3.90. The lowest BCUT2D eigenvalue weighted by Gasteiger charge is -2.12. The summed E-state index contributed by atoms with van der Waals surface area (Å²) in [5.41, 5.74) is 1.16. The van der Waals surface area contributed by atoms with E-state index in [2.05, 4.69) is 27.4 Å². The van der Waals surface area contributed by atoms with E-state index in [1.165, 1.54) is 11.3 Å².